The molecule has 34 heavy (non-hydrogen) atoms. The van der Waals surface area contributed by atoms with Gasteiger partial charge in [-0.25, -0.2) is 4.39 Å². The van der Waals surface area contributed by atoms with Crippen molar-refractivity contribution in [3.8, 4) is 5.75 Å². The van der Waals surface area contributed by atoms with Crippen molar-refractivity contribution in [1.82, 2.24) is 9.80 Å². The van der Waals surface area contributed by atoms with Gasteiger partial charge in [0, 0.05) is 18.7 Å². The van der Waals surface area contributed by atoms with Gasteiger partial charge < -0.3 is 19.6 Å². The molecule has 1 fully saturated rings. The van der Waals surface area contributed by atoms with Crippen LogP contribution in [0.1, 0.15) is 50.4 Å². The highest BCUT2D eigenvalue weighted by molar-refractivity contribution is 6.46. The molecule has 0 bridgehead atoms. The van der Waals surface area contributed by atoms with E-state index in [1.165, 1.54) is 17.0 Å². The van der Waals surface area contributed by atoms with E-state index in [-0.39, 0.29) is 17.4 Å². The monoisotopic (exact) mass is 468 g/mol. The van der Waals surface area contributed by atoms with Crippen molar-refractivity contribution >= 4 is 17.4 Å². The van der Waals surface area contributed by atoms with Gasteiger partial charge in [-0.15, -0.1) is 0 Å². The van der Waals surface area contributed by atoms with E-state index in [0.717, 1.165) is 18.7 Å². The first kappa shape index (κ1) is 25.4. The molecule has 1 amide bonds. The number of benzene rings is 2. The topological polar surface area (TPSA) is 70.1 Å². The number of aliphatic hydroxyl groups is 1. The zero-order valence-electron chi connectivity index (χ0n) is 20.5. The number of rotatable bonds is 9. The van der Waals surface area contributed by atoms with Crippen LogP contribution in [0.5, 0.6) is 5.75 Å². The van der Waals surface area contributed by atoms with Gasteiger partial charge in [-0.05, 0) is 75.3 Å². The second-order valence-electron chi connectivity index (χ2n) is 8.72. The first-order valence-electron chi connectivity index (χ1n) is 11.7. The van der Waals surface area contributed by atoms with Crippen LogP contribution in [-0.2, 0) is 9.59 Å². The number of nitrogens with zero attached hydrogens (tertiary/aromatic N) is 2. The molecule has 1 aliphatic rings. The third-order valence-corrected chi connectivity index (χ3v) is 6.09. The lowest BCUT2D eigenvalue weighted by molar-refractivity contribution is -0.140. The molecule has 2 aromatic rings. The van der Waals surface area contributed by atoms with Crippen LogP contribution in [0.15, 0.2) is 48.0 Å². The molecule has 0 unspecified atom stereocenters. The van der Waals surface area contributed by atoms with Crippen LogP contribution in [0.3, 0.4) is 0 Å². The highest BCUT2D eigenvalue weighted by atomic mass is 19.1. The smallest absolute Gasteiger partial charge is 0.295 e. The molecule has 0 spiro atoms. The zero-order chi connectivity index (χ0) is 25.0. The lowest BCUT2D eigenvalue weighted by Gasteiger charge is -2.28. The number of Topliss-reactive ketones (excluding diaryl/α,β-unsaturated/α-hetero) is 1. The Balaban J connectivity index is 2.08. The van der Waals surface area contributed by atoms with Crippen LogP contribution in [0.4, 0.5) is 4.39 Å². The van der Waals surface area contributed by atoms with Gasteiger partial charge in [0.25, 0.3) is 11.7 Å². The van der Waals surface area contributed by atoms with E-state index in [1.807, 2.05) is 34.6 Å². The van der Waals surface area contributed by atoms with Crippen molar-refractivity contribution in [3.63, 3.8) is 0 Å². The van der Waals surface area contributed by atoms with E-state index in [1.54, 1.807) is 30.3 Å². The molecule has 1 atom stereocenters. The number of aliphatic hydroxyl groups excluding tert-OH is 1. The van der Waals surface area contributed by atoms with Gasteiger partial charge in [-0.2, -0.15) is 0 Å². The summed E-state index contributed by atoms with van der Waals surface area (Å²) in [5.41, 5.74) is 1.79. The molecule has 3 rings (SSSR count). The number of likely N-dealkylation sites (N-methyl/N-ethyl adjacent to an activating group) is 1. The second-order valence-corrected chi connectivity index (χ2v) is 8.72. The maximum Gasteiger partial charge on any atom is 0.295 e. The van der Waals surface area contributed by atoms with Crippen LogP contribution >= 0.6 is 0 Å². The maximum absolute atomic E-state index is 13.6. The number of carbonyl (C=O) groups is 2. The van der Waals surface area contributed by atoms with Crippen LogP contribution in [0, 0.1) is 12.7 Å². The summed E-state index contributed by atoms with van der Waals surface area (Å²) in [5, 5.41) is 11.2. The lowest BCUT2D eigenvalue weighted by Crippen LogP contribution is -2.38. The number of ether oxygens (including phenoxy) is 1. The van der Waals surface area contributed by atoms with Crippen molar-refractivity contribution in [1.29, 1.82) is 0 Å². The predicted octanol–water partition coefficient (Wildman–Crippen LogP) is 4.68. The van der Waals surface area contributed by atoms with Gasteiger partial charge in [0.1, 0.15) is 17.3 Å². The molecule has 2 aromatic carbocycles. The number of ketones is 1. The molecule has 1 N–H and O–H groups in total. The van der Waals surface area contributed by atoms with Gasteiger partial charge in [0.05, 0.1) is 17.7 Å². The summed E-state index contributed by atoms with van der Waals surface area (Å²) in [6.45, 7) is 12.3. The van der Waals surface area contributed by atoms with Gasteiger partial charge in [-0.1, -0.05) is 26.0 Å². The number of amides is 1. The van der Waals surface area contributed by atoms with Gasteiger partial charge in [0.2, 0.25) is 0 Å². The minimum Gasteiger partial charge on any atom is -0.507 e. The van der Waals surface area contributed by atoms with Crippen molar-refractivity contribution in [2.75, 3.05) is 26.2 Å². The van der Waals surface area contributed by atoms with Crippen molar-refractivity contribution in [3.05, 3.63) is 70.5 Å². The number of hydrogen-bond acceptors (Lipinski definition) is 5. The molecule has 0 aromatic heterocycles. The first-order valence-corrected chi connectivity index (χ1v) is 11.7. The number of likely N-dealkylation sites (tertiary alicyclic amines) is 1. The molecular weight excluding hydrogens is 435 g/mol. The Labute approximate surface area is 200 Å². The Bertz CT molecular complexity index is 1070. The quantitative estimate of drug-likeness (QED) is 0.329. The Morgan fingerprint density at radius 3 is 2.32 bits per heavy atom. The summed E-state index contributed by atoms with van der Waals surface area (Å²) < 4.78 is 19.4. The Kier molecular flexibility index (Phi) is 8.10. The normalized spacial score (nSPS) is 17.8. The van der Waals surface area contributed by atoms with Crippen LogP contribution in [0.2, 0.25) is 0 Å². The SMILES string of the molecule is CCN(CC)CCN1C(=O)C(=O)C(=C(O)c2ccc(OC(C)C)c(C)c2)[C@H]1c1ccc(F)cc1. The largest absolute Gasteiger partial charge is 0.507 e. The van der Waals surface area contributed by atoms with Crippen molar-refractivity contribution < 1.29 is 23.8 Å². The van der Waals surface area contributed by atoms with Crippen molar-refractivity contribution in [2.24, 2.45) is 0 Å². The average molecular weight is 469 g/mol. The zero-order valence-corrected chi connectivity index (χ0v) is 20.5. The summed E-state index contributed by atoms with van der Waals surface area (Å²) in [6, 6.07) is 10.0. The lowest BCUT2D eigenvalue weighted by atomic mass is 9.94. The first-order chi connectivity index (χ1) is 16.2. The molecule has 1 heterocycles. The molecular formula is C27H33FN2O4. The van der Waals surface area contributed by atoms with E-state index in [9.17, 15) is 19.1 Å². The van der Waals surface area contributed by atoms with Gasteiger partial charge >= 0.3 is 0 Å². The van der Waals surface area contributed by atoms with Crippen LogP contribution in [0.25, 0.3) is 5.76 Å². The molecule has 0 aliphatic carbocycles. The fourth-order valence-electron chi connectivity index (χ4n) is 4.23. The van der Waals surface area contributed by atoms with E-state index >= 15 is 0 Å². The Morgan fingerprint density at radius 2 is 1.76 bits per heavy atom. The standard InChI is InChI=1S/C27H33FN2O4/c1-6-29(7-2)14-15-30-24(19-8-11-21(28)12-9-19)23(26(32)27(30)33)25(31)20-10-13-22(18(5)16-20)34-17(3)4/h8-13,16-17,24,31H,6-7,14-15H2,1-5H3/t24-/m1/s1. The molecule has 0 radical (unpaired) electrons. The Hall–Kier alpha value is -3.19. The molecule has 1 aliphatic heterocycles. The highest BCUT2D eigenvalue weighted by Crippen LogP contribution is 2.39. The number of hydrogen-bond donors (Lipinski definition) is 1. The summed E-state index contributed by atoms with van der Waals surface area (Å²) in [6.07, 6.45) is -0.00671. The molecule has 7 heteroatoms. The van der Waals surface area contributed by atoms with Gasteiger partial charge in [0.15, 0.2) is 0 Å². The van der Waals surface area contributed by atoms with Crippen molar-refractivity contribution in [2.45, 2.75) is 46.8 Å². The Morgan fingerprint density at radius 1 is 1.12 bits per heavy atom. The molecule has 6 nitrogen and oxygen atoms in total. The van der Waals surface area contributed by atoms with Crippen LogP contribution in [-0.4, -0.2) is 58.9 Å². The number of carbonyl (C=O) groups excluding carboxylic acids is 2. The fourth-order valence-corrected chi connectivity index (χ4v) is 4.23. The van der Waals surface area contributed by atoms with Crippen LogP contribution < -0.4 is 4.74 Å². The number of aryl methyl sites for hydroxylation is 1. The van der Waals surface area contributed by atoms with E-state index < -0.39 is 23.5 Å². The minimum absolute atomic E-state index is 0.00671. The average Bonchev–Trinajstić information content (AvgIpc) is 3.05. The molecule has 1 saturated heterocycles. The summed E-state index contributed by atoms with van der Waals surface area (Å²) >= 11 is 0. The third kappa shape index (κ3) is 5.30. The fraction of sp³-hybridized carbons (Fsp3) is 0.407. The van der Waals surface area contributed by atoms with E-state index in [2.05, 4.69) is 4.90 Å². The summed E-state index contributed by atoms with van der Waals surface area (Å²) in [5.74, 6) is -1.40. The van der Waals surface area contributed by atoms with E-state index in [4.69, 9.17) is 4.74 Å². The maximum atomic E-state index is 13.6. The minimum atomic E-state index is -0.803. The second kappa shape index (κ2) is 10.8. The third-order valence-electron chi connectivity index (χ3n) is 6.09. The predicted molar refractivity (Wildman–Crippen MR) is 130 cm³/mol. The van der Waals surface area contributed by atoms with Gasteiger partial charge in [-0.3, -0.25) is 9.59 Å². The molecule has 0 saturated carbocycles. The van der Waals surface area contributed by atoms with E-state index in [0.29, 0.717) is 30.0 Å². The highest BCUT2D eigenvalue weighted by Gasteiger charge is 2.46. The number of halogens is 1. The summed E-state index contributed by atoms with van der Waals surface area (Å²) in [4.78, 5) is 29.8. The summed E-state index contributed by atoms with van der Waals surface area (Å²) in [7, 11) is 0. The molecule has 182 valence electrons.